The van der Waals surface area contributed by atoms with E-state index in [0.717, 1.165) is 43.4 Å². The van der Waals surface area contributed by atoms with Crippen LogP contribution in [0.25, 0.3) is 0 Å². The SMILES string of the molecule is O=C(NOCCO)c1ccc(F)c(F)c1Nc1ccc(C2CCCC2)cc1F. The van der Waals surface area contributed by atoms with Gasteiger partial charge in [0.1, 0.15) is 5.82 Å². The van der Waals surface area contributed by atoms with Crippen LogP contribution in [0.4, 0.5) is 24.5 Å². The van der Waals surface area contributed by atoms with E-state index in [9.17, 15) is 18.0 Å². The summed E-state index contributed by atoms with van der Waals surface area (Å²) in [4.78, 5) is 16.9. The van der Waals surface area contributed by atoms with Crippen molar-refractivity contribution in [2.75, 3.05) is 18.5 Å². The average molecular weight is 394 g/mol. The molecule has 0 radical (unpaired) electrons. The second-order valence-electron chi connectivity index (χ2n) is 6.63. The molecule has 3 rings (SSSR count). The first-order valence-electron chi connectivity index (χ1n) is 9.08. The Labute approximate surface area is 160 Å². The third-order valence-corrected chi connectivity index (χ3v) is 4.78. The van der Waals surface area contributed by atoms with E-state index in [0.29, 0.717) is 5.92 Å². The summed E-state index contributed by atoms with van der Waals surface area (Å²) in [5.74, 6) is -3.67. The Morgan fingerprint density at radius 2 is 1.86 bits per heavy atom. The van der Waals surface area contributed by atoms with Crippen LogP contribution in [0.5, 0.6) is 0 Å². The van der Waals surface area contributed by atoms with Gasteiger partial charge in [0.2, 0.25) is 0 Å². The van der Waals surface area contributed by atoms with E-state index in [4.69, 9.17) is 9.94 Å². The molecule has 0 saturated heterocycles. The summed E-state index contributed by atoms with van der Waals surface area (Å²) in [5, 5.41) is 11.2. The predicted molar refractivity (Wildman–Crippen MR) is 97.8 cm³/mol. The normalized spacial score (nSPS) is 14.3. The van der Waals surface area contributed by atoms with E-state index < -0.39 is 29.0 Å². The molecule has 0 aliphatic heterocycles. The van der Waals surface area contributed by atoms with Crippen LogP contribution in [0.1, 0.15) is 47.5 Å². The first-order valence-corrected chi connectivity index (χ1v) is 9.08. The van der Waals surface area contributed by atoms with E-state index in [-0.39, 0.29) is 24.5 Å². The molecule has 1 saturated carbocycles. The van der Waals surface area contributed by atoms with Crippen molar-refractivity contribution < 1.29 is 27.9 Å². The first-order chi connectivity index (χ1) is 13.5. The van der Waals surface area contributed by atoms with Gasteiger partial charge in [0, 0.05) is 0 Å². The lowest BCUT2D eigenvalue weighted by molar-refractivity contribution is 0.0168. The van der Waals surface area contributed by atoms with Crippen molar-refractivity contribution in [2.24, 2.45) is 0 Å². The highest BCUT2D eigenvalue weighted by molar-refractivity contribution is 6.00. The van der Waals surface area contributed by atoms with E-state index >= 15 is 0 Å². The molecule has 3 N–H and O–H groups in total. The second-order valence-corrected chi connectivity index (χ2v) is 6.63. The first kappa shape index (κ1) is 20.2. The highest BCUT2D eigenvalue weighted by Crippen LogP contribution is 2.36. The number of hydrogen-bond donors (Lipinski definition) is 3. The number of rotatable bonds is 7. The van der Waals surface area contributed by atoms with Crippen molar-refractivity contribution in [2.45, 2.75) is 31.6 Å². The van der Waals surface area contributed by atoms with Crippen molar-refractivity contribution in [1.29, 1.82) is 0 Å². The number of hydrogen-bond acceptors (Lipinski definition) is 4. The van der Waals surface area contributed by atoms with E-state index in [1.54, 1.807) is 6.07 Å². The number of carbonyl (C=O) groups is 1. The Morgan fingerprint density at radius 1 is 1.11 bits per heavy atom. The fourth-order valence-corrected chi connectivity index (χ4v) is 3.36. The van der Waals surface area contributed by atoms with Gasteiger partial charge in [0.05, 0.1) is 30.2 Å². The minimum Gasteiger partial charge on any atom is -0.394 e. The Hall–Kier alpha value is -2.58. The molecule has 150 valence electrons. The van der Waals surface area contributed by atoms with Gasteiger partial charge in [-0.2, -0.15) is 0 Å². The average Bonchev–Trinajstić information content (AvgIpc) is 3.22. The van der Waals surface area contributed by atoms with E-state index in [2.05, 4.69) is 5.32 Å². The lowest BCUT2D eigenvalue weighted by atomic mass is 9.97. The van der Waals surface area contributed by atoms with Crippen molar-refractivity contribution >= 4 is 17.3 Å². The van der Waals surface area contributed by atoms with Gasteiger partial charge in [0.15, 0.2) is 11.6 Å². The molecule has 5 nitrogen and oxygen atoms in total. The van der Waals surface area contributed by atoms with Gasteiger partial charge in [-0.25, -0.2) is 18.7 Å². The molecule has 2 aromatic carbocycles. The summed E-state index contributed by atoms with van der Waals surface area (Å²) in [6.07, 6.45) is 4.22. The predicted octanol–water partition coefficient (Wildman–Crippen LogP) is 4.16. The lowest BCUT2D eigenvalue weighted by Gasteiger charge is -2.16. The number of benzene rings is 2. The zero-order valence-electron chi connectivity index (χ0n) is 15.1. The fraction of sp³-hybridized carbons (Fsp3) is 0.350. The molecular weight excluding hydrogens is 373 g/mol. The monoisotopic (exact) mass is 394 g/mol. The topological polar surface area (TPSA) is 70.6 Å². The van der Waals surface area contributed by atoms with Crippen LogP contribution < -0.4 is 10.8 Å². The number of nitrogens with one attached hydrogen (secondary N) is 2. The minimum absolute atomic E-state index is 0.0726. The number of amides is 1. The highest BCUT2D eigenvalue weighted by atomic mass is 19.2. The Morgan fingerprint density at radius 3 is 2.54 bits per heavy atom. The van der Waals surface area contributed by atoms with Gasteiger partial charge >= 0.3 is 0 Å². The van der Waals surface area contributed by atoms with E-state index in [1.165, 1.54) is 12.1 Å². The maximum atomic E-state index is 14.6. The van der Waals surface area contributed by atoms with Crippen LogP contribution in [0.3, 0.4) is 0 Å². The maximum Gasteiger partial charge on any atom is 0.277 e. The van der Waals surface area contributed by atoms with Gasteiger partial charge in [0.25, 0.3) is 5.91 Å². The molecule has 1 aliphatic carbocycles. The molecule has 0 heterocycles. The summed E-state index contributed by atoms with van der Waals surface area (Å²) in [5.41, 5.74) is 2.04. The fourth-order valence-electron chi connectivity index (χ4n) is 3.36. The third kappa shape index (κ3) is 4.45. The number of hydroxylamine groups is 1. The van der Waals surface area contributed by atoms with Crippen molar-refractivity contribution in [3.8, 4) is 0 Å². The van der Waals surface area contributed by atoms with Gasteiger partial charge in [-0.15, -0.1) is 0 Å². The molecule has 1 fully saturated rings. The Bertz CT molecular complexity index is 855. The molecule has 8 heteroatoms. The number of aliphatic hydroxyl groups excluding tert-OH is 1. The van der Waals surface area contributed by atoms with Crippen LogP contribution >= 0.6 is 0 Å². The molecule has 0 atom stereocenters. The van der Waals surface area contributed by atoms with Gasteiger partial charge in [-0.3, -0.25) is 9.63 Å². The molecule has 0 aromatic heterocycles. The summed E-state index contributed by atoms with van der Waals surface area (Å²) < 4.78 is 42.6. The van der Waals surface area contributed by atoms with Crippen LogP contribution in [0.2, 0.25) is 0 Å². The minimum atomic E-state index is -1.31. The van der Waals surface area contributed by atoms with Gasteiger partial charge in [-0.1, -0.05) is 18.9 Å². The highest BCUT2D eigenvalue weighted by Gasteiger charge is 2.22. The van der Waals surface area contributed by atoms with Crippen LogP contribution in [0.15, 0.2) is 30.3 Å². The van der Waals surface area contributed by atoms with Gasteiger partial charge in [-0.05, 0) is 48.6 Å². The number of carbonyl (C=O) groups excluding carboxylic acids is 1. The van der Waals surface area contributed by atoms with Crippen molar-refractivity contribution in [3.63, 3.8) is 0 Å². The largest absolute Gasteiger partial charge is 0.394 e. The molecule has 0 bridgehead atoms. The summed E-state index contributed by atoms with van der Waals surface area (Å²) >= 11 is 0. The number of anilines is 2. The van der Waals surface area contributed by atoms with Crippen molar-refractivity contribution in [1.82, 2.24) is 5.48 Å². The molecule has 28 heavy (non-hydrogen) atoms. The molecular formula is C20H21F3N2O3. The van der Waals surface area contributed by atoms with Crippen molar-refractivity contribution in [3.05, 3.63) is 58.9 Å². The summed E-state index contributed by atoms with van der Waals surface area (Å²) in [6, 6.07) is 6.45. The Balaban J connectivity index is 1.86. The van der Waals surface area contributed by atoms with Crippen LogP contribution in [0, 0.1) is 17.5 Å². The zero-order chi connectivity index (χ0) is 20.1. The maximum absolute atomic E-state index is 14.6. The molecule has 2 aromatic rings. The number of aliphatic hydroxyl groups is 1. The van der Waals surface area contributed by atoms with E-state index in [1.807, 2.05) is 5.48 Å². The van der Waals surface area contributed by atoms with Gasteiger partial charge < -0.3 is 10.4 Å². The Kier molecular flexibility index (Phi) is 6.53. The molecule has 0 unspecified atom stereocenters. The lowest BCUT2D eigenvalue weighted by Crippen LogP contribution is -2.26. The second kappa shape index (κ2) is 9.07. The molecule has 1 aliphatic rings. The summed E-state index contributed by atoms with van der Waals surface area (Å²) in [6.45, 7) is -0.503. The number of halogens is 3. The van der Waals surface area contributed by atoms with Crippen LogP contribution in [-0.4, -0.2) is 24.2 Å². The quantitative estimate of drug-likeness (QED) is 0.487. The third-order valence-electron chi connectivity index (χ3n) is 4.78. The molecule has 0 spiro atoms. The molecule has 1 amide bonds. The van der Waals surface area contributed by atoms with Crippen LogP contribution in [-0.2, 0) is 4.84 Å². The standard InChI is InChI=1S/C20H21F3N2O3/c21-15-7-6-14(20(27)25-28-10-9-26)19(18(15)23)24-17-8-5-13(11-16(17)22)12-3-1-2-4-12/h5-8,11-12,24,26H,1-4,9-10H2,(H,25,27). The zero-order valence-corrected chi connectivity index (χ0v) is 15.1. The smallest absolute Gasteiger partial charge is 0.277 e. The summed E-state index contributed by atoms with van der Waals surface area (Å²) in [7, 11) is 0.